The molecule has 25 heavy (non-hydrogen) atoms. The maximum absolute atomic E-state index is 11.2. The Balaban J connectivity index is 2.14. The van der Waals surface area contributed by atoms with Gasteiger partial charge in [-0.15, -0.1) is 0 Å². The first kappa shape index (κ1) is 19.0. The Morgan fingerprint density at radius 2 is 1.76 bits per heavy atom. The predicted octanol–water partition coefficient (Wildman–Crippen LogP) is 5.09. The van der Waals surface area contributed by atoms with Gasteiger partial charge in [0.25, 0.3) is 0 Å². The molecule has 0 amide bonds. The number of nitro groups is 1. The molecule has 0 heterocycles. The summed E-state index contributed by atoms with van der Waals surface area (Å²) >= 11 is 0. The second kappa shape index (κ2) is 8.16. The van der Waals surface area contributed by atoms with Gasteiger partial charge in [-0.2, -0.15) is 0 Å². The molecule has 2 aromatic rings. The van der Waals surface area contributed by atoms with Crippen LogP contribution in [-0.4, -0.2) is 20.3 Å². The summed E-state index contributed by atoms with van der Waals surface area (Å²) < 4.78 is 11.6. The van der Waals surface area contributed by atoms with E-state index < -0.39 is 13.7 Å². The Hall–Kier alpha value is -2.34. The van der Waals surface area contributed by atoms with Gasteiger partial charge in [0.2, 0.25) is 5.75 Å². The van der Waals surface area contributed by atoms with Gasteiger partial charge in [0.1, 0.15) is 12.4 Å². The number of ether oxygens (including phenoxy) is 2. The van der Waals surface area contributed by atoms with Gasteiger partial charge in [-0.25, -0.2) is 0 Å². The molecule has 0 saturated carbocycles. The van der Waals surface area contributed by atoms with Crippen LogP contribution in [0.15, 0.2) is 48.5 Å². The molecule has 0 bridgehead atoms. The summed E-state index contributed by atoms with van der Waals surface area (Å²) in [4.78, 5) is 10.8. The molecule has 0 fully saturated rings. The van der Waals surface area contributed by atoms with E-state index in [1.165, 1.54) is 6.07 Å². The number of hydrogen-bond donors (Lipinski definition) is 0. The van der Waals surface area contributed by atoms with Crippen LogP contribution in [0.2, 0.25) is 18.1 Å². The first-order valence-electron chi connectivity index (χ1n) is 8.18. The molecule has 5 nitrogen and oxygen atoms in total. The highest BCUT2D eigenvalue weighted by atomic mass is 28.3. The lowest BCUT2D eigenvalue weighted by atomic mass is 10.2. The Labute approximate surface area is 150 Å². The average molecular weight is 358 g/mol. The fourth-order valence-electron chi connectivity index (χ4n) is 1.99. The second-order valence-corrected chi connectivity index (χ2v) is 10.2. The zero-order valence-corrected chi connectivity index (χ0v) is 16.1. The second-order valence-electron chi connectivity index (χ2n) is 6.83. The minimum absolute atomic E-state index is 0.0572. The first-order chi connectivity index (χ1) is 11.8. The molecule has 2 rings (SSSR count). The normalized spacial score (nSPS) is 11.4. The van der Waals surface area contributed by atoms with Gasteiger partial charge in [-0.1, -0.05) is 57.3 Å². The molecule has 0 unspecified atom stereocenters. The van der Waals surface area contributed by atoms with Gasteiger partial charge in [-0.3, -0.25) is 10.1 Å². The van der Waals surface area contributed by atoms with Crippen molar-refractivity contribution >= 4 is 14.5 Å². The number of nitro benzene ring substituents is 1. The fourth-order valence-corrected chi connectivity index (χ4v) is 2.35. The standard InChI is InChI=1S/C19H24NO4Si/c1-19(2,25(3)4)14-24-16-10-11-17(20(21)22)18(12-16)23-13-15-8-6-5-7-9-15/h5-12H,13-14H2,1-4H3. The van der Waals surface area contributed by atoms with Gasteiger partial charge >= 0.3 is 5.69 Å². The molecule has 0 aliphatic rings. The summed E-state index contributed by atoms with van der Waals surface area (Å²) in [5.74, 6) is 0.813. The topological polar surface area (TPSA) is 61.6 Å². The third-order valence-corrected chi connectivity index (χ3v) is 7.17. The SMILES string of the molecule is C[Si](C)C(C)(C)COc1ccc([N+](=O)[O-])c(OCc2ccccc2)c1. The van der Waals surface area contributed by atoms with Gasteiger partial charge < -0.3 is 9.47 Å². The average Bonchev–Trinajstić information content (AvgIpc) is 2.59. The van der Waals surface area contributed by atoms with Gasteiger partial charge in [0.05, 0.1) is 20.3 Å². The van der Waals surface area contributed by atoms with E-state index in [-0.39, 0.29) is 23.1 Å². The number of nitrogens with zero attached hydrogens (tertiary/aromatic N) is 1. The minimum Gasteiger partial charge on any atom is -0.493 e. The molecule has 0 aliphatic heterocycles. The molecule has 1 radical (unpaired) electrons. The highest BCUT2D eigenvalue weighted by Gasteiger charge is 2.25. The van der Waals surface area contributed by atoms with Crippen molar-refractivity contribution in [2.75, 3.05) is 6.61 Å². The van der Waals surface area contributed by atoms with Crippen LogP contribution in [-0.2, 0) is 6.61 Å². The van der Waals surface area contributed by atoms with Crippen molar-refractivity contribution in [1.82, 2.24) is 0 Å². The summed E-state index contributed by atoms with van der Waals surface area (Å²) in [5, 5.41) is 11.3. The molecule has 0 atom stereocenters. The number of rotatable bonds is 8. The summed E-state index contributed by atoms with van der Waals surface area (Å²) in [6, 6.07) is 14.2. The molecular weight excluding hydrogens is 334 g/mol. The lowest BCUT2D eigenvalue weighted by Gasteiger charge is -2.27. The predicted molar refractivity (Wildman–Crippen MR) is 101 cm³/mol. The van der Waals surface area contributed by atoms with Crippen molar-refractivity contribution < 1.29 is 14.4 Å². The molecule has 0 aliphatic carbocycles. The monoisotopic (exact) mass is 358 g/mol. The minimum atomic E-state index is -0.522. The van der Waals surface area contributed by atoms with Crippen molar-refractivity contribution in [3.63, 3.8) is 0 Å². The first-order valence-corrected chi connectivity index (χ1v) is 10.7. The van der Waals surface area contributed by atoms with E-state index in [1.807, 2.05) is 30.3 Å². The largest absolute Gasteiger partial charge is 0.493 e. The third kappa shape index (κ3) is 5.32. The number of hydrogen-bond acceptors (Lipinski definition) is 4. The van der Waals surface area contributed by atoms with E-state index in [4.69, 9.17) is 9.47 Å². The Morgan fingerprint density at radius 1 is 1.08 bits per heavy atom. The molecular formula is C19H24NO4Si. The van der Waals surface area contributed by atoms with E-state index in [2.05, 4.69) is 26.9 Å². The molecule has 2 aromatic carbocycles. The smallest absolute Gasteiger partial charge is 0.311 e. The van der Waals surface area contributed by atoms with Crippen LogP contribution in [0.3, 0.4) is 0 Å². The van der Waals surface area contributed by atoms with Crippen LogP contribution < -0.4 is 9.47 Å². The molecule has 0 aromatic heterocycles. The zero-order chi connectivity index (χ0) is 18.4. The van der Waals surface area contributed by atoms with Gasteiger partial charge in [0.15, 0.2) is 0 Å². The Kier molecular flexibility index (Phi) is 6.20. The Bertz CT molecular complexity index is 717. The van der Waals surface area contributed by atoms with E-state index in [0.29, 0.717) is 12.4 Å². The van der Waals surface area contributed by atoms with Crippen LogP contribution in [0.4, 0.5) is 5.69 Å². The van der Waals surface area contributed by atoms with Crippen LogP contribution >= 0.6 is 0 Å². The summed E-state index contributed by atoms with van der Waals surface area (Å²) in [6.45, 7) is 9.70. The molecule has 0 saturated heterocycles. The molecule has 0 spiro atoms. The molecule has 133 valence electrons. The highest BCUT2D eigenvalue weighted by molar-refractivity contribution is 6.59. The maximum atomic E-state index is 11.2. The fraction of sp³-hybridized carbons (Fsp3) is 0.368. The van der Waals surface area contributed by atoms with Crippen molar-refractivity contribution in [2.45, 2.75) is 38.6 Å². The summed E-state index contributed by atoms with van der Waals surface area (Å²) in [5.41, 5.74) is 0.895. The van der Waals surface area contributed by atoms with E-state index in [1.54, 1.807) is 12.1 Å². The molecule has 0 N–H and O–H groups in total. The van der Waals surface area contributed by atoms with E-state index in [0.717, 1.165) is 5.56 Å². The third-order valence-electron chi connectivity index (χ3n) is 4.32. The quantitative estimate of drug-likeness (QED) is 0.375. The summed E-state index contributed by atoms with van der Waals surface area (Å²) in [6.07, 6.45) is 0. The van der Waals surface area contributed by atoms with Crippen LogP contribution in [0.1, 0.15) is 19.4 Å². The van der Waals surface area contributed by atoms with Crippen LogP contribution in [0.25, 0.3) is 0 Å². The molecule has 6 heteroatoms. The van der Waals surface area contributed by atoms with Gasteiger partial charge in [0, 0.05) is 12.1 Å². The van der Waals surface area contributed by atoms with Crippen LogP contribution in [0, 0.1) is 10.1 Å². The summed E-state index contributed by atoms with van der Waals surface area (Å²) in [7, 11) is -0.522. The maximum Gasteiger partial charge on any atom is 0.311 e. The highest BCUT2D eigenvalue weighted by Crippen LogP contribution is 2.34. The van der Waals surface area contributed by atoms with E-state index >= 15 is 0 Å². The van der Waals surface area contributed by atoms with Crippen molar-refractivity contribution in [3.8, 4) is 11.5 Å². The van der Waals surface area contributed by atoms with Gasteiger partial charge in [-0.05, 0) is 16.7 Å². The lowest BCUT2D eigenvalue weighted by molar-refractivity contribution is -0.386. The lowest BCUT2D eigenvalue weighted by Crippen LogP contribution is -2.27. The van der Waals surface area contributed by atoms with E-state index in [9.17, 15) is 10.1 Å². The zero-order valence-electron chi connectivity index (χ0n) is 15.1. The number of benzene rings is 2. The van der Waals surface area contributed by atoms with Crippen molar-refractivity contribution in [1.29, 1.82) is 0 Å². The van der Waals surface area contributed by atoms with Crippen LogP contribution in [0.5, 0.6) is 11.5 Å². The van der Waals surface area contributed by atoms with Crippen molar-refractivity contribution in [3.05, 3.63) is 64.2 Å². The Morgan fingerprint density at radius 3 is 2.36 bits per heavy atom. The van der Waals surface area contributed by atoms with Crippen molar-refractivity contribution in [2.24, 2.45) is 0 Å².